The Hall–Kier alpha value is -4.71. The Kier molecular flexibility index (Phi) is 8.66. The summed E-state index contributed by atoms with van der Waals surface area (Å²) in [5, 5.41) is 2.09. The zero-order chi connectivity index (χ0) is 27.7. The van der Waals surface area contributed by atoms with Gasteiger partial charge in [0.25, 0.3) is 0 Å². The van der Waals surface area contributed by atoms with Gasteiger partial charge in [0, 0.05) is 23.6 Å². The molecule has 0 unspecified atom stereocenters. The number of aromatic nitrogens is 2. The molecule has 0 aliphatic carbocycles. The molecule has 1 aromatic heterocycles. The Labute approximate surface area is 234 Å². The molecule has 0 radical (unpaired) electrons. The van der Waals surface area contributed by atoms with Crippen LogP contribution in [-0.4, -0.2) is 29.2 Å². The average molecular weight is 533 g/mol. The first-order valence-electron chi connectivity index (χ1n) is 13.5. The van der Waals surface area contributed by atoms with Gasteiger partial charge in [0.1, 0.15) is 12.4 Å². The topological polar surface area (TPSA) is 70.5 Å². The van der Waals surface area contributed by atoms with E-state index in [1.807, 2.05) is 78.9 Å². The smallest absolute Gasteiger partial charge is 0.305 e. The van der Waals surface area contributed by atoms with Crippen LogP contribution in [0.1, 0.15) is 30.9 Å². The Morgan fingerprint density at radius 3 is 2.38 bits per heavy atom. The van der Waals surface area contributed by atoms with Crippen LogP contribution in [0, 0.1) is 6.92 Å². The van der Waals surface area contributed by atoms with Gasteiger partial charge in [0.05, 0.1) is 18.9 Å². The Balaban J connectivity index is 1.37. The number of carbonyl (C=O) groups is 1. The minimum atomic E-state index is -0.195. The predicted octanol–water partition coefficient (Wildman–Crippen LogP) is 7.57. The van der Waals surface area contributed by atoms with E-state index in [1.165, 1.54) is 5.56 Å². The number of rotatable bonds is 11. The second-order valence-electron chi connectivity index (χ2n) is 9.48. The van der Waals surface area contributed by atoms with Gasteiger partial charge in [-0.2, -0.15) is 4.98 Å². The summed E-state index contributed by atoms with van der Waals surface area (Å²) in [4.78, 5) is 21.2. The number of fused-ring (bicyclic) bond motifs is 1. The fourth-order valence-electron chi connectivity index (χ4n) is 4.40. The van der Waals surface area contributed by atoms with E-state index in [1.54, 1.807) is 6.92 Å². The largest absolute Gasteiger partial charge is 0.494 e. The van der Waals surface area contributed by atoms with Gasteiger partial charge >= 0.3 is 5.97 Å². The van der Waals surface area contributed by atoms with Crippen molar-refractivity contribution in [2.45, 2.75) is 33.3 Å². The van der Waals surface area contributed by atoms with Gasteiger partial charge in [0.15, 0.2) is 5.82 Å². The van der Waals surface area contributed by atoms with Crippen molar-refractivity contribution in [3.05, 3.63) is 108 Å². The maximum absolute atomic E-state index is 11.5. The summed E-state index contributed by atoms with van der Waals surface area (Å²) < 4.78 is 17.0. The van der Waals surface area contributed by atoms with E-state index in [0.29, 0.717) is 44.4 Å². The summed E-state index contributed by atoms with van der Waals surface area (Å²) in [6, 6.07) is 32.2. The van der Waals surface area contributed by atoms with E-state index >= 15 is 0 Å². The number of aryl methyl sites for hydroxylation is 1. The molecule has 0 atom stereocenters. The molecule has 202 valence electrons. The maximum atomic E-state index is 11.5. The molecule has 0 amide bonds. The lowest BCUT2D eigenvalue weighted by Crippen LogP contribution is -2.06. The molecule has 4 aromatic carbocycles. The van der Waals surface area contributed by atoms with Crippen molar-refractivity contribution >= 4 is 16.7 Å². The molecule has 0 aliphatic heterocycles. The Morgan fingerprint density at radius 2 is 1.55 bits per heavy atom. The third-order valence-electron chi connectivity index (χ3n) is 6.58. The summed E-state index contributed by atoms with van der Waals surface area (Å²) in [7, 11) is 0. The van der Waals surface area contributed by atoms with Crippen LogP contribution in [0.4, 0.5) is 0 Å². The van der Waals surface area contributed by atoms with Crippen molar-refractivity contribution in [3.8, 4) is 34.3 Å². The van der Waals surface area contributed by atoms with Crippen LogP contribution < -0.4 is 9.47 Å². The third kappa shape index (κ3) is 6.83. The summed E-state index contributed by atoms with van der Waals surface area (Å²) in [5.74, 6) is 1.69. The van der Waals surface area contributed by atoms with Gasteiger partial charge in [-0.15, -0.1) is 0 Å². The first-order valence-corrected chi connectivity index (χ1v) is 13.5. The highest BCUT2D eigenvalue weighted by atomic mass is 16.5. The fourth-order valence-corrected chi connectivity index (χ4v) is 4.40. The molecule has 0 saturated heterocycles. The summed E-state index contributed by atoms with van der Waals surface area (Å²) >= 11 is 0. The molecule has 40 heavy (non-hydrogen) atoms. The SMILES string of the molecule is CCOC(=O)CCCOc1ccc2cc(-c3nc(OCc4ccccc4C)cc(-c4ccccc4)n3)ccc2c1. The Bertz CT molecular complexity index is 1600. The summed E-state index contributed by atoms with van der Waals surface area (Å²) in [6.07, 6.45) is 0.961. The number of hydrogen-bond acceptors (Lipinski definition) is 6. The van der Waals surface area contributed by atoms with Gasteiger partial charge in [-0.3, -0.25) is 4.79 Å². The second kappa shape index (κ2) is 12.9. The Morgan fingerprint density at radius 1 is 0.775 bits per heavy atom. The summed E-state index contributed by atoms with van der Waals surface area (Å²) in [5.41, 5.74) is 4.99. The number of nitrogens with zero attached hydrogens (tertiary/aromatic N) is 2. The van der Waals surface area contributed by atoms with Crippen LogP contribution in [0.3, 0.4) is 0 Å². The van der Waals surface area contributed by atoms with Crippen molar-refractivity contribution in [3.63, 3.8) is 0 Å². The normalized spacial score (nSPS) is 10.8. The maximum Gasteiger partial charge on any atom is 0.305 e. The number of esters is 1. The van der Waals surface area contributed by atoms with Gasteiger partial charge in [-0.05, 0) is 60.4 Å². The average Bonchev–Trinajstić information content (AvgIpc) is 2.99. The van der Waals surface area contributed by atoms with E-state index in [4.69, 9.17) is 24.2 Å². The summed E-state index contributed by atoms with van der Waals surface area (Å²) in [6.45, 7) is 5.16. The number of ether oxygens (including phenoxy) is 3. The van der Waals surface area contributed by atoms with Crippen LogP contribution >= 0.6 is 0 Å². The van der Waals surface area contributed by atoms with E-state index in [0.717, 1.165) is 38.9 Å². The lowest BCUT2D eigenvalue weighted by Gasteiger charge is -2.12. The molecular formula is C34H32N2O4. The highest BCUT2D eigenvalue weighted by molar-refractivity contribution is 5.87. The van der Waals surface area contributed by atoms with Crippen molar-refractivity contribution in [1.29, 1.82) is 0 Å². The predicted molar refractivity (Wildman–Crippen MR) is 157 cm³/mol. The van der Waals surface area contributed by atoms with Crippen LogP contribution in [-0.2, 0) is 16.1 Å². The van der Waals surface area contributed by atoms with Crippen LogP contribution in [0.2, 0.25) is 0 Å². The van der Waals surface area contributed by atoms with Crippen molar-refractivity contribution < 1.29 is 19.0 Å². The molecule has 0 fully saturated rings. The van der Waals surface area contributed by atoms with Gasteiger partial charge < -0.3 is 14.2 Å². The molecule has 0 saturated carbocycles. The van der Waals surface area contributed by atoms with Gasteiger partial charge in [-0.25, -0.2) is 4.98 Å². The quantitative estimate of drug-likeness (QED) is 0.129. The van der Waals surface area contributed by atoms with Crippen molar-refractivity contribution in [1.82, 2.24) is 9.97 Å². The minimum absolute atomic E-state index is 0.195. The monoisotopic (exact) mass is 532 g/mol. The van der Waals surface area contributed by atoms with Crippen LogP contribution in [0.15, 0.2) is 97.1 Å². The lowest BCUT2D eigenvalue weighted by molar-refractivity contribution is -0.143. The second-order valence-corrected chi connectivity index (χ2v) is 9.48. The first-order chi connectivity index (χ1) is 19.6. The standard InChI is InChI=1S/C34H32N2O4/c1-3-38-33(37)14-9-19-39-30-18-17-26-20-28(16-15-27(26)21-30)34-35-31(25-11-5-4-6-12-25)22-32(36-34)40-23-29-13-8-7-10-24(29)2/h4-8,10-13,15-18,20-22H,3,9,14,19,23H2,1-2H3. The zero-order valence-electron chi connectivity index (χ0n) is 22.8. The van der Waals surface area contributed by atoms with Crippen LogP contribution in [0.5, 0.6) is 11.6 Å². The van der Waals surface area contributed by atoms with Crippen LogP contribution in [0.25, 0.3) is 33.4 Å². The molecule has 1 heterocycles. The molecule has 6 heteroatoms. The van der Waals surface area contributed by atoms with Gasteiger partial charge in [0.2, 0.25) is 5.88 Å². The van der Waals surface area contributed by atoms with E-state index in [9.17, 15) is 4.79 Å². The van der Waals surface area contributed by atoms with Crippen molar-refractivity contribution in [2.24, 2.45) is 0 Å². The molecule has 5 rings (SSSR count). The third-order valence-corrected chi connectivity index (χ3v) is 6.58. The molecule has 5 aromatic rings. The lowest BCUT2D eigenvalue weighted by atomic mass is 10.1. The van der Waals surface area contributed by atoms with E-state index in [2.05, 4.69) is 25.1 Å². The molecule has 0 aliphatic rings. The zero-order valence-corrected chi connectivity index (χ0v) is 22.8. The molecular weight excluding hydrogens is 500 g/mol. The molecule has 0 N–H and O–H groups in total. The molecule has 0 bridgehead atoms. The van der Waals surface area contributed by atoms with E-state index < -0.39 is 0 Å². The van der Waals surface area contributed by atoms with E-state index in [-0.39, 0.29) is 5.97 Å². The number of hydrogen-bond donors (Lipinski definition) is 0. The first kappa shape index (κ1) is 26.9. The molecule has 6 nitrogen and oxygen atoms in total. The molecule has 0 spiro atoms. The highest BCUT2D eigenvalue weighted by Crippen LogP contribution is 2.29. The number of carbonyl (C=O) groups excluding carboxylic acids is 1. The fraction of sp³-hybridized carbons (Fsp3) is 0.206. The number of benzene rings is 4. The highest BCUT2D eigenvalue weighted by Gasteiger charge is 2.12. The van der Waals surface area contributed by atoms with Crippen molar-refractivity contribution in [2.75, 3.05) is 13.2 Å². The van der Waals surface area contributed by atoms with Gasteiger partial charge in [-0.1, -0.05) is 72.8 Å². The minimum Gasteiger partial charge on any atom is -0.494 e.